The Balaban J connectivity index is 1.53. The number of alkyl halides is 2. The fourth-order valence-corrected chi connectivity index (χ4v) is 3.43. The first-order chi connectivity index (χ1) is 13.0. The van der Waals surface area contributed by atoms with Crippen LogP contribution in [0, 0.1) is 6.92 Å². The van der Waals surface area contributed by atoms with E-state index in [4.69, 9.17) is 0 Å². The molecule has 4 rings (SSSR count). The molecule has 1 aromatic carbocycles. The highest BCUT2D eigenvalue weighted by atomic mass is 19.3. The summed E-state index contributed by atoms with van der Waals surface area (Å²) < 4.78 is 29.8. The normalized spacial score (nSPS) is 15.9. The van der Waals surface area contributed by atoms with E-state index >= 15 is 0 Å². The van der Waals surface area contributed by atoms with Crippen molar-refractivity contribution in [2.45, 2.75) is 38.5 Å². The van der Waals surface area contributed by atoms with E-state index in [-0.39, 0.29) is 17.5 Å². The number of hydrogen-bond acceptors (Lipinski definition) is 6. The van der Waals surface area contributed by atoms with Gasteiger partial charge in [0.1, 0.15) is 12.0 Å². The van der Waals surface area contributed by atoms with Crippen molar-refractivity contribution in [3.8, 4) is 11.4 Å². The van der Waals surface area contributed by atoms with Gasteiger partial charge in [0.15, 0.2) is 5.78 Å². The van der Waals surface area contributed by atoms with E-state index < -0.39 is 12.3 Å². The van der Waals surface area contributed by atoms with Crippen molar-refractivity contribution in [3.63, 3.8) is 0 Å². The molecule has 27 heavy (non-hydrogen) atoms. The van der Waals surface area contributed by atoms with Crippen molar-refractivity contribution in [2.75, 3.05) is 0 Å². The molecular weight excluding hydrogens is 354 g/mol. The third-order valence-corrected chi connectivity index (χ3v) is 4.75. The maximum atomic E-state index is 12.6. The largest absolute Gasteiger partial charge is 0.333 e. The van der Waals surface area contributed by atoms with Crippen LogP contribution >= 0.6 is 0 Å². The molecule has 0 fully saturated rings. The van der Waals surface area contributed by atoms with Gasteiger partial charge in [0.2, 0.25) is 5.82 Å². The number of benzene rings is 1. The van der Waals surface area contributed by atoms with E-state index in [9.17, 15) is 13.6 Å². The maximum Gasteiger partial charge on any atom is 0.315 e. The molecule has 0 spiro atoms. The fraction of sp³-hybridized carbons (Fsp3) is 0.316. The third-order valence-electron chi connectivity index (χ3n) is 4.75. The Bertz CT molecular complexity index is 1000. The maximum absolute atomic E-state index is 12.6. The Morgan fingerprint density at radius 2 is 2.15 bits per heavy atom. The standard InChI is InChI=1S/C19H16F2N4O2/c1-10-6-15(23-9-22-10)16(26)8-12-3-2-11-7-13(4-5-14(11)12)18-24-19(17(20)21)27-25-18/h4-7,9,12,17H,2-3,8H2,1H3/t12-/m0/s1. The molecule has 0 saturated heterocycles. The first-order valence-electron chi connectivity index (χ1n) is 8.58. The zero-order valence-corrected chi connectivity index (χ0v) is 14.5. The van der Waals surface area contributed by atoms with Crippen LogP contribution in [-0.4, -0.2) is 25.9 Å². The smallest absolute Gasteiger partial charge is 0.315 e. The van der Waals surface area contributed by atoms with Gasteiger partial charge < -0.3 is 4.52 Å². The Kier molecular flexibility index (Phi) is 4.47. The van der Waals surface area contributed by atoms with Gasteiger partial charge in [-0.25, -0.2) is 9.97 Å². The molecule has 1 aliphatic rings. The average molecular weight is 370 g/mol. The van der Waals surface area contributed by atoms with Crippen LogP contribution in [0.2, 0.25) is 0 Å². The lowest BCUT2D eigenvalue weighted by Crippen LogP contribution is -2.08. The van der Waals surface area contributed by atoms with Crippen LogP contribution in [0.4, 0.5) is 8.78 Å². The summed E-state index contributed by atoms with van der Waals surface area (Å²) in [5, 5.41) is 3.61. The van der Waals surface area contributed by atoms with Crippen LogP contribution in [0.1, 0.15) is 58.4 Å². The van der Waals surface area contributed by atoms with Crippen LogP contribution in [0.5, 0.6) is 0 Å². The predicted molar refractivity (Wildman–Crippen MR) is 91.5 cm³/mol. The number of halogens is 2. The molecule has 1 atom stereocenters. The molecule has 3 aromatic rings. The number of rotatable bonds is 5. The minimum atomic E-state index is -2.79. The Labute approximate surface area is 153 Å². The number of ketones is 1. The van der Waals surface area contributed by atoms with E-state index in [1.165, 1.54) is 6.33 Å². The average Bonchev–Trinajstić information content (AvgIpc) is 3.29. The summed E-state index contributed by atoms with van der Waals surface area (Å²) in [5.74, 6) is -0.445. The summed E-state index contributed by atoms with van der Waals surface area (Å²) in [4.78, 5) is 24.3. The summed E-state index contributed by atoms with van der Waals surface area (Å²) in [5.41, 5.74) is 3.98. The Morgan fingerprint density at radius 3 is 2.89 bits per heavy atom. The minimum absolute atomic E-state index is 0.0119. The quantitative estimate of drug-likeness (QED) is 0.630. The second-order valence-electron chi connectivity index (χ2n) is 6.58. The third kappa shape index (κ3) is 3.47. The number of aromatic nitrogens is 4. The lowest BCUT2D eigenvalue weighted by molar-refractivity contribution is 0.0968. The van der Waals surface area contributed by atoms with Gasteiger partial charge in [0.05, 0.1) is 0 Å². The van der Waals surface area contributed by atoms with Crippen LogP contribution in [0.25, 0.3) is 11.4 Å². The molecule has 1 aliphatic carbocycles. The molecule has 0 radical (unpaired) electrons. The number of hydrogen-bond donors (Lipinski definition) is 0. The topological polar surface area (TPSA) is 81.8 Å². The van der Waals surface area contributed by atoms with Gasteiger partial charge in [-0.1, -0.05) is 17.3 Å². The summed E-state index contributed by atoms with van der Waals surface area (Å²) >= 11 is 0. The number of carbonyl (C=O) groups excluding carboxylic acids is 1. The Hall–Kier alpha value is -3.03. The van der Waals surface area contributed by atoms with Gasteiger partial charge in [-0.2, -0.15) is 13.8 Å². The zero-order valence-electron chi connectivity index (χ0n) is 14.5. The molecule has 2 heterocycles. The van der Waals surface area contributed by atoms with Crippen molar-refractivity contribution < 1.29 is 18.1 Å². The highest BCUT2D eigenvalue weighted by Gasteiger charge is 2.27. The number of nitrogens with zero attached hydrogens (tertiary/aromatic N) is 4. The fourth-order valence-electron chi connectivity index (χ4n) is 3.43. The molecule has 0 unspecified atom stereocenters. The van der Waals surface area contributed by atoms with Gasteiger partial charge in [-0.15, -0.1) is 0 Å². The highest BCUT2D eigenvalue weighted by molar-refractivity contribution is 5.94. The highest BCUT2D eigenvalue weighted by Crippen LogP contribution is 2.38. The monoisotopic (exact) mass is 370 g/mol. The van der Waals surface area contributed by atoms with Crippen molar-refractivity contribution >= 4 is 5.78 Å². The molecule has 138 valence electrons. The first-order valence-corrected chi connectivity index (χ1v) is 8.58. The van der Waals surface area contributed by atoms with Gasteiger partial charge in [0.25, 0.3) is 5.89 Å². The Morgan fingerprint density at radius 1 is 1.30 bits per heavy atom. The van der Waals surface area contributed by atoms with Gasteiger partial charge in [-0.05, 0) is 48.9 Å². The predicted octanol–water partition coefficient (Wildman–Crippen LogP) is 4.08. The first kappa shape index (κ1) is 17.4. The molecular formula is C19H16F2N4O2. The minimum Gasteiger partial charge on any atom is -0.333 e. The summed E-state index contributed by atoms with van der Waals surface area (Å²) in [6.45, 7) is 1.82. The van der Waals surface area contributed by atoms with E-state index in [1.807, 2.05) is 19.1 Å². The molecule has 0 N–H and O–H groups in total. The number of aryl methyl sites for hydroxylation is 2. The van der Waals surface area contributed by atoms with Crippen LogP contribution in [0.3, 0.4) is 0 Å². The van der Waals surface area contributed by atoms with E-state index in [0.29, 0.717) is 17.7 Å². The van der Waals surface area contributed by atoms with Crippen LogP contribution in [0.15, 0.2) is 35.1 Å². The second kappa shape index (κ2) is 6.94. The summed E-state index contributed by atoms with van der Waals surface area (Å²) in [6.07, 6.45) is 0.643. The van der Waals surface area contributed by atoms with Crippen LogP contribution < -0.4 is 0 Å². The van der Waals surface area contributed by atoms with E-state index in [1.54, 1.807) is 12.1 Å². The lowest BCUT2D eigenvalue weighted by atomic mass is 9.94. The molecule has 0 amide bonds. The zero-order chi connectivity index (χ0) is 19.0. The van der Waals surface area contributed by atoms with Crippen LogP contribution in [-0.2, 0) is 6.42 Å². The molecule has 0 bridgehead atoms. The number of carbonyl (C=O) groups is 1. The SMILES string of the molecule is Cc1cc(C(=O)C[C@@H]2CCc3cc(-c4noc(C(F)F)n4)ccc32)ncn1. The number of fused-ring (bicyclic) bond motifs is 1. The van der Waals surface area contributed by atoms with Crippen molar-refractivity contribution in [3.05, 3.63) is 59.0 Å². The molecule has 2 aromatic heterocycles. The number of Topliss-reactive ketones (excluding diaryl/α,β-unsaturated/α-hetero) is 1. The van der Waals surface area contributed by atoms with E-state index in [0.717, 1.165) is 29.7 Å². The summed E-state index contributed by atoms with van der Waals surface area (Å²) in [6, 6.07) is 7.27. The molecule has 0 saturated carbocycles. The van der Waals surface area contributed by atoms with E-state index in [2.05, 4.69) is 24.6 Å². The molecule has 8 heteroatoms. The van der Waals surface area contributed by atoms with Gasteiger partial charge >= 0.3 is 6.43 Å². The second-order valence-corrected chi connectivity index (χ2v) is 6.58. The molecule has 0 aliphatic heterocycles. The van der Waals surface area contributed by atoms with Crippen molar-refractivity contribution in [2.24, 2.45) is 0 Å². The summed E-state index contributed by atoms with van der Waals surface area (Å²) in [7, 11) is 0. The lowest BCUT2D eigenvalue weighted by Gasteiger charge is -2.11. The van der Waals surface area contributed by atoms with Gasteiger partial charge in [0, 0.05) is 17.7 Å². The van der Waals surface area contributed by atoms with Crippen molar-refractivity contribution in [1.82, 2.24) is 20.1 Å². The van der Waals surface area contributed by atoms with Gasteiger partial charge in [-0.3, -0.25) is 4.79 Å². The van der Waals surface area contributed by atoms with Crippen molar-refractivity contribution in [1.29, 1.82) is 0 Å². The molecule has 6 nitrogen and oxygen atoms in total.